The standard InChI is InChI=1S/C10H17N3OS/c1-12(2)6-8-4-3-5-13(8)10-11-9(14)7-15-10/h8H,3-7H2,1-2H3. The Morgan fingerprint density at radius 3 is 3.00 bits per heavy atom. The largest absolute Gasteiger partial charge is 0.347 e. The molecule has 0 N–H and O–H groups in total. The van der Waals surface area contributed by atoms with E-state index >= 15 is 0 Å². The van der Waals surface area contributed by atoms with Crippen molar-refractivity contribution >= 4 is 22.8 Å². The number of likely N-dealkylation sites (N-methyl/N-ethyl adjacent to an activating group) is 1. The third-order valence-electron chi connectivity index (χ3n) is 2.74. The summed E-state index contributed by atoms with van der Waals surface area (Å²) in [4.78, 5) is 19.7. The molecule has 1 saturated heterocycles. The van der Waals surface area contributed by atoms with E-state index in [0.717, 1.165) is 18.3 Å². The lowest BCUT2D eigenvalue weighted by Gasteiger charge is -2.27. The van der Waals surface area contributed by atoms with Crippen molar-refractivity contribution < 1.29 is 4.79 Å². The second-order valence-electron chi connectivity index (χ2n) is 4.33. The Hall–Kier alpha value is -0.550. The van der Waals surface area contributed by atoms with Crippen LogP contribution in [-0.4, -0.2) is 59.9 Å². The highest BCUT2D eigenvalue weighted by Crippen LogP contribution is 2.25. The van der Waals surface area contributed by atoms with Crippen molar-refractivity contribution in [3.05, 3.63) is 0 Å². The van der Waals surface area contributed by atoms with Crippen molar-refractivity contribution in [2.45, 2.75) is 18.9 Å². The van der Waals surface area contributed by atoms with E-state index in [1.807, 2.05) is 0 Å². The summed E-state index contributed by atoms with van der Waals surface area (Å²) >= 11 is 1.59. The maximum absolute atomic E-state index is 11.1. The molecule has 84 valence electrons. The summed E-state index contributed by atoms with van der Waals surface area (Å²) in [6.07, 6.45) is 2.43. The molecular weight excluding hydrogens is 210 g/mol. The van der Waals surface area contributed by atoms with Gasteiger partial charge in [-0.3, -0.25) is 4.79 Å². The molecule has 0 bridgehead atoms. The Morgan fingerprint density at radius 1 is 1.60 bits per heavy atom. The number of carbonyl (C=O) groups is 1. The second-order valence-corrected chi connectivity index (χ2v) is 5.27. The van der Waals surface area contributed by atoms with Crippen LogP contribution in [0.25, 0.3) is 0 Å². The van der Waals surface area contributed by atoms with E-state index in [0.29, 0.717) is 11.8 Å². The van der Waals surface area contributed by atoms with E-state index in [-0.39, 0.29) is 5.91 Å². The first-order valence-electron chi connectivity index (χ1n) is 5.32. The molecule has 0 spiro atoms. The van der Waals surface area contributed by atoms with Crippen LogP contribution in [0.4, 0.5) is 0 Å². The quantitative estimate of drug-likeness (QED) is 0.693. The van der Waals surface area contributed by atoms with Crippen molar-refractivity contribution in [3.63, 3.8) is 0 Å². The molecule has 0 aliphatic carbocycles. The molecule has 1 atom stereocenters. The molecule has 1 fully saturated rings. The van der Waals surface area contributed by atoms with Gasteiger partial charge < -0.3 is 9.80 Å². The van der Waals surface area contributed by atoms with Crippen LogP contribution >= 0.6 is 11.8 Å². The number of thioether (sulfide) groups is 1. The summed E-state index contributed by atoms with van der Waals surface area (Å²) in [6, 6.07) is 0.539. The third kappa shape index (κ3) is 2.52. The molecule has 0 aromatic carbocycles. The van der Waals surface area contributed by atoms with Gasteiger partial charge in [-0.05, 0) is 26.9 Å². The van der Waals surface area contributed by atoms with Crippen LogP contribution in [0.5, 0.6) is 0 Å². The molecule has 1 unspecified atom stereocenters. The van der Waals surface area contributed by atoms with Gasteiger partial charge in [-0.1, -0.05) is 11.8 Å². The van der Waals surface area contributed by atoms with Gasteiger partial charge in [0.05, 0.1) is 5.75 Å². The highest BCUT2D eigenvalue weighted by Gasteiger charge is 2.30. The minimum absolute atomic E-state index is 0.0190. The van der Waals surface area contributed by atoms with E-state index in [2.05, 4.69) is 28.9 Å². The third-order valence-corrected chi connectivity index (χ3v) is 3.72. The molecule has 5 heteroatoms. The van der Waals surface area contributed by atoms with Crippen molar-refractivity contribution in [2.75, 3.05) is 32.9 Å². The smallest absolute Gasteiger partial charge is 0.258 e. The van der Waals surface area contributed by atoms with Crippen molar-refractivity contribution in [2.24, 2.45) is 4.99 Å². The lowest BCUT2D eigenvalue weighted by atomic mass is 10.2. The number of aliphatic imine (C=N–C) groups is 1. The number of hydrogen-bond donors (Lipinski definition) is 0. The van der Waals surface area contributed by atoms with Gasteiger partial charge in [0.1, 0.15) is 0 Å². The molecule has 2 rings (SSSR count). The van der Waals surface area contributed by atoms with Crippen LogP contribution in [-0.2, 0) is 4.79 Å². The Kier molecular flexibility index (Phi) is 3.31. The SMILES string of the molecule is CN(C)CC1CCCN1C1=NC(=O)CS1. The summed E-state index contributed by atoms with van der Waals surface area (Å²) in [7, 11) is 4.18. The molecule has 0 saturated carbocycles. The van der Waals surface area contributed by atoms with E-state index in [1.165, 1.54) is 12.8 Å². The van der Waals surface area contributed by atoms with Gasteiger partial charge in [0.2, 0.25) is 0 Å². The summed E-state index contributed by atoms with van der Waals surface area (Å²) in [5, 5.41) is 0.948. The van der Waals surface area contributed by atoms with Gasteiger partial charge in [-0.25, -0.2) is 0 Å². The minimum Gasteiger partial charge on any atom is -0.347 e. The molecular formula is C10H17N3OS. The van der Waals surface area contributed by atoms with Gasteiger partial charge in [0.15, 0.2) is 5.17 Å². The zero-order valence-electron chi connectivity index (χ0n) is 9.27. The summed E-state index contributed by atoms with van der Waals surface area (Å²) in [6.45, 7) is 2.10. The molecule has 4 nitrogen and oxygen atoms in total. The van der Waals surface area contributed by atoms with Gasteiger partial charge in [0.25, 0.3) is 5.91 Å². The Bertz CT molecular complexity index is 290. The molecule has 2 aliphatic rings. The molecule has 2 aliphatic heterocycles. The predicted molar refractivity (Wildman–Crippen MR) is 63.2 cm³/mol. The minimum atomic E-state index is 0.0190. The Labute approximate surface area is 94.7 Å². The fourth-order valence-electron chi connectivity index (χ4n) is 2.14. The van der Waals surface area contributed by atoms with Crippen molar-refractivity contribution in [1.29, 1.82) is 0 Å². The average Bonchev–Trinajstić information content (AvgIpc) is 2.72. The topological polar surface area (TPSA) is 35.9 Å². The maximum Gasteiger partial charge on any atom is 0.258 e. The lowest BCUT2D eigenvalue weighted by Crippen LogP contribution is -2.39. The van der Waals surface area contributed by atoms with Crippen molar-refractivity contribution in [3.8, 4) is 0 Å². The Balaban J connectivity index is 2.01. The van der Waals surface area contributed by atoms with E-state index in [9.17, 15) is 4.79 Å². The normalized spacial score (nSPS) is 26.6. The monoisotopic (exact) mass is 227 g/mol. The zero-order valence-corrected chi connectivity index (χ0v) is 10.1. The number of carbonyl (C=O) groups excluding carboxylic acids is 1. The fourth-order valence-corrected chi connectivity index (χ4v) is 3.03. The molecule has 15 heavy (non-hydrogen) atoms. The van der Waals surface area contributed by atoms with Gasteiger partial charge >= 0.3 is 0 Å². The van der Waals surface area contributed by atoms with Crippen LogP contribution in [0.3, 0.4) is 0 Å². The first-order valence-corrected chi connectivity index (χ1v) is 6.31. The molecule has 2 heterocycles. The average molecular weight is 227 g/mol. The van der Waals surface area contributed by atoms with Crippen LogP contribution < -0.4 is 0 Å². The highest BCUT2D eigenvalue weighted by atomic mass is 32.2. The first-order chi connectivity index (χ1) is 7.16. The predicted octanol–water partition coefficient (Wildman–Crippen LogP) is 0.642. The van der Waals surface area contributed by atoms with Gasteiger partial charge in [-0.2, -0.15) is 4.99 Å². The molecule has 0 radical (unpaired) electrons. The van der Waals surface area contributed by atoms with E-state index < -0.39 is 0 Å². The van der Waals surface area contributed by atoms with E-state index in [4.69, 9.17) is 0 Å². The van der Waals surface area contributed by atoms with Crippen LogP contribution in [0, 0.1) is 0 Å². The lowest BCUT2D eigenvalue weighted by molar-refractivity contribution is -0.115. The number of likely N-dealkylation sites (tertiary alicyclic amines) is 1. The number of hydrogen-bond acceptors (Lipinski definition) is 4. The number of rotatable bonds is 2. The van der Waals surface area contributed by atoms with E-state index in [1.54, 1.807) is 11.8 Å². The van der Waals surface area contributed by atoms with Gasteiger partial charge in [0, 0.05) is 19.1 Å². The second kappa shape index (κ2) is 4.53. The summed E-state index contributed by atoms with van der Waals surface area (Å²) in [5.41, 5.74) is 0. The van der Waals surface area contributed by atoms with Crippen LogP contribution in [0.15, 0.2) is 4.99 Å². The fraction of sp³-hybridized carbons (Fsp3) is 0.800. The van der Waals surface area contributed by atoms with Crippen molar-refractivity contribution in [1.82, 2.24) is 9.80 Å². The summed E-state index contributed by atoms with van der Waals surface area (Å²) in [5.74, 6) is 0.547. The molecule has 1 amide bonds. The Morgan fingerprint density at radius 2 is 2.40 bits per heavy atom. The van der Waals surface area contributed by atoms with Gasteiger partial charge in [-0.15, -0.1) is 0 Å². The summed E-state index contributed by atoms with van der Waals surface area (Å²) < 4.78 is 0. The first kappa shape index (κ1) is 11.0. The molecule has 0 aromatic rings. The van der Waals surface area contributed by atoms with Crippen LogP contribution in [0.1, 0.15) is 12.8 Å². The highest BCUT2D eigenvalue weighted by molar-refractivity contribution is 8.14. The number of amidine groups is 1. The maximum atomic E-state index is 11.1. The number of nitrogens with zero attached hydrogens (tertiary/aromatic N) is 3. The molecule has 0 aromatic heterocycles. The number of amides is 1. The zero-order chi connectivity index (χ0) is 10.8. The van der Waals surface area contributed by atoms with Crippen LogP contribution in [0.2, 0.25) is 0 Å².